The summed E-state index contributed by atoms with van der Waals surface area (Å²) in [5, 5.41) is 2.80. The minimum absolute atomic E-state index is 0.0173. The summed E-state index contributed by atoms with van der Waals surface area (Å²) in [6.07, 6.45) is 1.81. The average Bonchev–Trinajstić information content (AvgIpc) is 2.96. The Morgan fingerprint density at radius 1 is 1.32 bits per heavy atom. The van der Waals surface area contributed by atoms with Gasteiger partial charge in [0.25, 0.3) is 0 Å². The number of benzene rings is 1. The fraction of sp³-hybridized carbons (Fsp3) is 0.0714. The van der Waals surface area contributed by atoms with Crippen LogP contribution in [0.1, 0.15) is 9.67 Å². The molecule has 0 atom stereocenters. The SMILES string of the molecule is O=C(Cn1ccc2ccc(F)cc21)c1sccc1Br. The maximum absolute atomic E-state index is 13.3. The lowest BCUT2D eigenvalue weighted by atomic mass is 10.2. The lowest BCUT2D eigenvalue weighted by molar-refractivity contribution is 0.0977. The molecule has 2 aromatic heterocycles. The van der Waals surface area contributed by atoms with Gasteiger partial charge in [0, 0.05) is 10.7 Å². The van der Waals surface area contributed by atoms with Crippen LogP contribution in [0.15, 0.2) is 46.4 Å². The van der Waals surface area contributed by atoms with Gasteiger partial charge in [-0.05, 0) is 57.0 Å². The number of carbonyl (C=O) groups is 1. The first-order valence-corrected chi connectivity index (χ1v) is 7.33. The fourth-order valence-electron chi connectivity index (χ4n) is 2.01. The van der Waals surface area contributed by atoms with Crippen molar-refractivity contribution >= 4 is 44.0 Å². The molecular formula is C14H9BrFNOS. The summed E-state index contributed by atoms with van der Waals surface area (Å²) >= 11 is 4.76. The third-order valence-electron chi connectivity index (χ3n) is 2.92. The van der Waals surface area contributed by atoms with Crippen LogP contribution in [-0.4, -0.2) is 10.4 Å². The summed E-state index contributed by atoms with van der Waals surface area (Å²) in [6.45, 7) is 0.214. The molecule has 0 aliphatic heterocycles. The zero-order valence-corrected chi connectivity index (χ0v) is 12.2. The standard InChI is InChI=1S/C14H9BrFNOS/c15-11-4-6-19-14(11)13(18)8-17-5-3-9-1-2-10(16)7-12(9)17/h1-7H,8H2. The summed E-state index contributed by atoms with van der Waals surface area (Å²) in [5.74, 6) is -0.277. The van der Waals surface area contributed by atoms with E-state index in [1.165, 1.54) is 23.5 Å². The molecule has 3 rings (SSSR count). The van der Waals surface area contributed by atoms with E-state index in [0.29, 0.717) is 4.88 Å². The first kappa shape index (κ1) is 12.6. The van der Waals surface area contributed by atoms with Crippen LogP contribution < -0.4 is 0 Å². The van der Waals surface area contributed by atoms with Gasteiger partial charge in [-0.2, -0.15) is 0 Å². The molecule has 0 fully saturated rings. The van der Waals surface area contributed by atoms with E-state index in [1.54, 1.807) is 10.6 Å². The smallest absolute Gasteiger partial charge is 0.193 e. The van der Waals surface area contributed by atoms with E-state index in [2.05, 4.69) is 15.9 Å². The number of rotatable bonds is 3. The van der Waals surface area contributed by atoms with Crippen molar-refractivity contribution in [3.05, 3.63) is 57.1 Å². The van der Waals surface area contributed by atoms with Crippen molar-refractivity contribution in [2.24, 2.45) is 0 Å². The number of thiophene rings is 1. The van der Waals surface area contributed by atoms with Crippen LogP contribution in [0.5, 0.6) is 0 Å². The molecule has 0 amide bonds. The molecule has 3 aromatic rings. The molecule has 0 aliphatic rings. The normalized spacial score (nSPS) is 11.1. The van der Waals surface area contributed by atoms with Gasteiger partial charge < -0.3 is 4.57 Å². The molecule has 19 heavy (non-hydrogen) atoms. The van der Waals surface area contributed by atoms with Gasteiger partial charge in [-0.15, -0.1) is 11.3 Å². The zero-order chi connectivity index (χ0) is 13.4. The Hall–Kier alpha value is -1.46. The Bertz CT molecular complexity index is 762. The molecule has 0 spiro atoms. The number of Topliss-reactive ketones (excluding diaryl/α,β-unsaturated/α-hetero) is 1. The molecule has 0 radical (unpaired) electrons. The Kier molecular flexibility index (Phi) is 3.24. The number of nitrogens with zero attached hydrogens (tertiary/aromatic N) is 1. The van der Waals surface area contributed by atoms with Gasteiger partial charge >= 0.3 is 0 Å². The highest BCUT2D eigenvalue weighted by Gasteiger charge is 2.13. The maximum atomic E-state index is 13.3. The summed E-state index contributed by atoms with van der Waals surface area (Å²) in [4.78, 5) is 12.9. The van der Waals surface area contributed by atoms with Crippen molar-refractivity contribution in [1.29, 1.82) is 0 Å². The highest BCUT2D eigenvalue weighted by Crippen LogP contribution is 2.24. The number of hydrogen-bond donors (Lipinski definition) is 0. The predicted molar refractivity (Wildman–Crippen MR) is 78.2 cm³/mol. The summed E-state index contributed by atoms with van der Waals surface area (Å²) in [7, 11) is 0. The Morgan fingerprint density at radius 2 is 2.16 bits per heavy atom. The number of carbonyl (C=O) groups excluding carboxylic acids is 1. The van der Waals surface area contributed by atoms with Crippen molar-refractivity contribution in [3.8, 4) is 0 Å². The van der Waals surface area contributed by atoms with Gasteiger partial charge in [-0.3, -0.25) is 4.79 Å². The predicted octanol–water partition coefficient (Wildman–Crippen LogP) is 4.49. The molecule has 96 valence electrons. The van der Waals surface area contributed by atoms with Gasteiger partial charge in [-0.1, -0.05) is 0 Å². The van der Waals surface area contributed by atoms with E-state index in [0.717, 1.165) is 15.4 Å². The van der Waals surface area contributed by atoms with Crippen molar-refractivity contribution in [2.75, 3.05) is 0 Å². The zero-order valence-electron chi connectivity index (χ0n) is 9.77. The lowest BCUT2D eigenvalue weighted by Crippen LogP contribution is -2.08. The largest absolute Gasteiger partial charge is 0.340 e. The number of fused-ring (bicyclic) bond motifs is 1. The molecule has 0 saturated heterocycles. The highest BCUT2D eigenvalue weighted by atomic mass is 79.9. The van der Waals surface area contributed by atoms with Crippen LogP contribution in [0.3, 0.4) is 0 Å². The maximum Gasteiger partial charge on any atom is 0.193 e. The van der Waals surface area contributed by atoms with E-state index < -0.39 is 0 Å². The lowest BCUT2D eigenvalue weighted by Gasteiger charge is -2.04. The minimum Gasteiger partial charge on any atom is -0.340 e. The van der Waals surface area contributed by atoms with Gasteiger partial charge in [0.2, 0.25) is 0 Å². The topological polar surface area (TPSA) is 22.0 Å². The van der Waals surface area contributed by atoms with Gasteiger partial charge in [0.1, 0.15) is 5.82 Å². The number of aromatic nitrogens is 1. The molecule has 5 heteroatoms. The fourth-order valence-corrected chi connectivity index (χ4v) is 3.54. The summed E-state index contributed by atoms with van der Waals surface area (Å²) in [6, 6.07) is 8.32. The molecule has 0 saturated carbocycles. The van der Waals surface area contributed by atoms with E-state index in [4.69, 9.17) is 0 Å². The van der Waals surface area contributed by atoms with Crippen molar-refractivity contribution in [2.45, 2.75) is 6.54 Å². The third kappa shape index (κ3) is 2.35. The van der Waals surface area contributed by atoms with Crippen LogP contribution in [0, 0.1) is 5.82 Å². The number of halogens is 2. The average molecular weight is 338 g/mol. The first-order chi connectivity index (χ1) is 9.15. The second-order valence-electron chi connectivity index (χ2n) is 4.17. The minimum atomic E-state index is -0.294. The van der Waals surface area contributed by atoms with Crippen LogP contribution in [0.4, 0.5) is 4.39 Å². The van der Waals surface area contributed by atoms with Gasteiger partial charge in [0.05, 0.1) is 16.9 Å². The van der Waals surface area contributed by atoms with Crippen molar-refractivity contribution in [1.82, 2.24) is 4.57 Å². The number of ketones is 1. The molecule has 2 nitrogen and oxygen atoms in total. The van der Waals surface area contributed by atoms with Crippen LogP contribution in [0.2, 0.25) is 0 Å². The molecule has 1 aromatic carbocycles. The summed E-state index contributed by atoms with van der Waals surface area (Å²) < 4.78 is 15.8. The molecule has 0 N–H and O–H groups in total. The molecular weight excluding hydrogens is 329 g/mol. The van der Waals surface area contributed by atoms with Crippen LogP contribution >= 0.6 is 27.3 Å². The van der Waals surface area contributed by atoms with E-state index in [9.17, 15) is 9.18 Å². The second-order valence-corrected chi connectivity index (χ2v) is 5.94. The van der Waals surface area contributed by atoms with Gasteiger partial charge in [-0.25, -0.2) is 4.39 Å². The quantitative estimate of drug-likeness (QED) is 0.645. The van der Waals surface area contributed by atoms with Crippen LogP contribution in [-0.2, 0) is 6.54 Å². The van der Waals surface area contributed by atoms with Crippen molar-refractivity contribution in [3.63, 3.8) is 0 Å². The molecule has 2 heterocycles. The summed E-state index contributed by atoms with van der Waals surface area (Å²) in [5.41, 5.74) is 0.737. The third-order valence-corrected chi connectivity index (χ3v) is 4.80. The molecule has 0 bridgehead atoms. The van der Waals surface area contributed by atoms with E-state index in [1.807, 2.05) is 23.7 Å². The van der Waals surface area contributed by atoms with Gasteiger partial charge in [0.15, 0.2) is 5.78 Å². The monoisotopic (exact) mass is 337 g/mol. The first-order valence-electron chi connectivity index (χ1n) is 5.66. The molecule has 0 aliphatic carbocycles. The Labute approximate surface area is 121 Å². The second kappa shape index (κ2) is 4.90. The number of hydrogen-bond acceptors (Lipinski definition) is 2. The Morgan fingerprint density at radius 3 is 2.89 bits per heavy atom. The van der Waals surface area contributed by atoms with E-state index >= 15 is 0 Å². The van der Waals surface area contributed by atoms with Crippen LogP contribution in [0.25, 0.3) is 10.9 Å². The van der Waals surface area contributed by atoms with E-state index in [-0.39, 0.29) is 18.1 Å². The highest BCUT2D eigenvalue weighted by molar-refractivity contribution is 9.10. The Balaban J connectivity index is 1.96. The van der Waals surface area contributed by atoms with Crippen molar-refractivity contribution < 1.29 is 9.18 Å². The molecule has 0 unspecified atom stereocenters.